The van der Waals surface area contributed by atoms with Gasteiger partial charge >= 0.3 is 0 Å². The van der Waals surface area contributed by atoms with Crippen LogP contribution in [0.2, 0.25) is 0 Å². The predicted octanol–water partition coefficient (Wildman–Crippen LogP) is 4.93. The molecule has 0 aliphatic carbocycles. The van der Waals surface area contributed by atoms with E-state index in [1.807, 2.05) is 34.5 Å². The molecule has 0 bridgehead atoms. The summed E-state index contributed by atoms with van der Waals surface area (Å²) in [5.41, 5.74) is 3.82. The molecule has 140 valence electrons. The predicted molar refractivity (Wildman–Crippen MR) is 114 cm³/mol. The Morgan fingerprint density at radius 1 is 0.929 bits per heavy atom. The highest BCUT2D eigenvalue weighted by Crippen LogP contribution is 2.23. The number of thiophene rings is 1. The van der Waals surface area contributed by atoms with Gasteiger partial charge in [0.05, 0.1) is 4.88 Å². The van der Waals surface area contributed by atoms with Gasteiger partial charge in [-0.2, -0.15) is 0 Å². The fraction of sp³-hybridized carbons (Fsp3) is 0.130. The molecule has 0 saturated heterocycles. The van der Waals surface area contributed by atoms with Crippen LogP contribution in [0.4, 0.5) is 5.69 Å². The number of hydrogen-bond donors (Lipinski definition) is 1. The number of carbonyl (C=O) groups excluding carboxylic acids is 2. The second-order valence-electron chi connectivity index (χ2n) is 6.61. The molecule has 4 rings (SSSR count). The van der Waals surface area contributed by atoms with Crippen LogP contribution in [0.15, 0.2) is 78.2 Å². The first kappa shape index (κ1) is 18.2. The molecular weight excluding hydrogens is 368 g/mol. The zero-order chi connectivity index (χ0) is 19.3. The fourth-order valence-electron chi connectivity index (χ4n) is 3.25. The molecule has 0 atom stereocenters. The molecule has 2 amide bonds. The molecule has 0 radical (unpaired) electrons. The molecule has 28 heavy (non-hydrogen) atoms. The summed E-state index contributed by atoms with van der Waals surface area (Å²) in [4.78, 5) is 27.4. The van der Waals surface area contributed by atoms with Crippen molar-refractivity contribution < 1.29 is 9.59 Å². The van der Waals surface area contributed by atoms with Crippen molar-refractivity contribution in [3.05, 3.63) is 94.2 Å². The molecule has 1 N–H and O–H groups in total. The molecule has 2 heterocycles. The highest BCUT2D eigenvalue weighted by molar-refractivity contribution is 7.12. The number of rotatable bonds is 4. The third kappa shape index (κ3) is 4.05. The van der Waals surface area contributed by atoms with E-state index in [0.717, 1.165) is 6.42 Å². The van der Waals surface area contributed by atoms with Crippen LogP contribution < -0.4 is 5.32 Å². The summed E-state index contributed by atoms with van der Waals surface area (Å²) < 4.78 is 0. The Kier molecular flexibility index (Phi) is 5.35. The minimum absolute atomic E-state index is 0.0134. The largest absolute Gasteiger partial charge is 0.335 e. The van der Waals surface area contributed by atoms with Gasteiger partial charge in [-0.3, -0.25) is 9.59 Å². The Balaban J connectivity index is 1.39. The van der Waals surface area contributed by atoms with E-state index in [-0.39, 0.29) is 11.8 Å². The lowest BCUT2D eigenvalue weighted by atomic mass is 9.99. The smallest absolute Gasteiger partial charge is 0.265 e. The topological polar surface area (TPSA) is 49.4 Å². The third-order valence-electron chi connectivity index (χ3n) is 4.78. The van der Waals surface area contributed by atoms with Crippen molar-refractivity contribution in [3.8, 4) is 0 Å². The zero-order valence-electron chi connectivity index (χ0n) is 15.3. The summed E-state index contributed by atoms with van der Waals surface area (Å²) in [7, 11) is 0. The molecular formula is C23H20N2O2S. The van der Waals surface area contributed by atoms with Gasteiger partial charge in [-0.05, 0) is 53.3 Å². The summed E-state index contributed by atoms with van der Waals surface area (Å²) in [6.45, 7) is 1.32. The lowest BCUT2D eigenvalue weighted by molar-refractivity contribution is 0.0772. The van der Waals surface area contributed by atoms with E-state index < -0.39 is 0 Å². The van der Waals surface area contributed by atoms with Crippen molar-refractivity contribution in [2.75, 3.05) is 18.4 Å². The molecule has 0 saturated carbocycles. The van der Waals surface area contributed by atoms with Crippen molar-refractivity contribution in [2.45, 2.75) is 6.42 Å². The maximum absolute atomic E-state index is 12.8. The monoisotopic (exact) mass is 388 g/mol. The Bertz CT molecular complexity index is 993. The summed E-state index contributed by atoms with van der Waals surface area (Å²) in [6.07, 6.45) is 2.98. The van der Waals surface area contributed by atoms with E-state index >= 15 is 0 Å². The molecule has 0 unspecified atom stereocenters. The molecule has 3 aromatic rings. The summed E-state index contributed by atoms with van der Waals surface area (Å²) in [6, 6.07) is 21.0. The van der Waals surface area contributed by atoms with Crippen molar-refractivity contribution in [3.63, 3.8) is 0 Å². The Morgan fingerprint density at radius 3 is 2.36 bits per heavy atom. The van der Waals surface area contributed by atoms with Crippen LogP contribution in [0.5, 0.6) is 0 Å². The Labute approximate surface area is 168 Å². The van der Waals surface area contributed by atoms with Crippen LogP contribution in [0, 0.1) is 0 Å². The molecule has 0 spiro atoms. The van der Waals surface area contributed by atoms with Crippen LogP contribution >= 0.6 is 11.3 Å². The second-order valence-corrected chi connectivity index (χ2v) is 7.55. The van der Waals surface area contributed by atoms with Gasteiger partial charge in [0.15, 0.2) is 0 Å². The highest BCUT2D eigenvalue weighted by Gasteiger charge is 2.19. The number of carbonyl (C=O) groups is 2. The van der Waals surface area contributed by atoms with Gasteiger partial charge in [0.2, 0.25) is 0 Å². The molecule has 5 heteroatoms. The van der Waals surface area contributed by atoms with E-state index in [1.54, 1.807) is 30.3 Å². The lowest BCUT2D eigenvalue weighted by Gasteiger charge is -2.27. The summed E-state index contributed by atoms with van der Waals surface area (Å²) in [5.74, 6) is -0.122. The van der Waals surface area contributed by atoms with Crippen molar-refractivity contribution >= 4 is 34.4 Å². The Hall–Kier alpha value is -3.18. The molecule has 1 aliphatic rings. The third-order valence-corrected chi connectivity index (χ3v) is 5.64. The van der Waals surface area contributed by atoms with E-state index in [1.165, 1.54) is 22.5 Å². The first-order valence-corrected chi connectivity index (χ1v) is 10.1. The number of amides is 2. The number of benzene rings is 2. The number of hydrogen-bond acceptors (Lipinski definition) is 3. The van der Waals surface area contributed by atoms with Crippen LogP contribution in [0.1, 0.15) is 32.0 Å². The van der Waals surface area contributed by atoms with Crippen molar-refractivity contribution in [2.24, 2.45) is 0 Å². The van der Waals surface area contributed by atoms with E-state index in [4.69, 9.17) is 0 Å². The SMILES string of the molecule is O=C(Nc1ccc(C(=O)N2CC=C(c3ccccc3)CC2)cc1)c1cccs1. The standard InChI is InChI=1S/C23H20N2O2S/c26-22(21-7-4-16-28-21)24-20-10-8-19(9-11-20)23(27)25-14-12-18(13-15-25)17-5-2-1-3-6-17/h1-12,16H,13-15H2,(H,24,26). The average molecular weight is 388 g/mol. The first-order chi connectivity index (χ1) is 13.7. The lowest BCUT2D eigenvalue weighted by Crippen LogP contribution is -2.34. The van der Waals surface area contributed by atoms with Crippen LogP contribution in [-0.4, -0.2) is 29.8 Å². The fourth-order valence-corrected chi connectivity index (χ4v) is 3.87. The van der Waals surface area contributed by atoms with Crippen LogP contribution in [0.25, 0.3) is 5.57 Å². The first-order valence-electron chi connectivity index (χ1n) is 9.19. The normalized spacial score (nSPS) is 13.7. The molecule has 0 fully saturated rings. The number of nitrogens with zero attached hydrogens (tertiary/aromatic N) is 1. The average Bonchev–Trinajstić information content (AvgIpc) is 3.30. The van der Waals surface area contributed by atoms with Gasteiger partial charge < -0.3 is 10.2 Å². The van der Waals surface area contributed by atoms with Crippen LogP contribution in [-0.2, 0) is 0 Å². The van der Waals surface area contributed by atoms with Gasteiger partial charge in [0.1, 0.15) is 0 Å². The van der Waals surface area contributed by atoms with Gasteiger partial charge in [-0.15, -0.1) is 11.3 Å². The van der Waals surface area contributed by atoms with Gasteiger partial charge in [-0.25, -0.2) is 0 Å². The number of anilines is 1. The van der Waals surface area contributed by atoms with Gasteiger partial charge in [-0.1, -0.05) is 42.5 Å². The Morgan fingerprint density at radius 2 is 1.71 bits per heavy atom. The maximum Gasteiger partial charge on any atom is 0.265 e. The highest BCUT2D eigenvalue weighted by atomic mass is 32.1. The summed E-state index contributed by atoms with van der Waals surface area (Å²) >= 11 is 1.40. The van der Waals surface area contributed by atoms with Gasteiger partial charge in [0, 0.05) is 24.3 Å². The van der Waals surface area contributed by atoms with E-state index in [0.29, 0.717) is 29.2 Å². The maximum atomic E-state index is 12.8. The van der Waals surface area contributed by atoms with Gasteiger partial charge in [0.25, 0.3) is 11.8 Å². The second kappa shape index (κ2) is 8.23. The van der Waals surface area contributed by atoms with Crippen molar-refractivity contribution in [1.29, 1.82) is 0 Å². The molecule has 1 aromatic heterocycles. The van der Waals surface area contributed by atoms with Crippen LogP contribution in [0.3, 0.4) is 0 Å². The molecule has 4 nitrogen and oxygen atoms in total. The van der Waals surface area contributed by atoms with E-state index in [9.17, 15) is 9.59 Å². The summed E-state index contributed by atoms with van der Waals surface area (Å²) in [5, 5.41) is 4.72. The molecule has 2 aromatic carbocycles. The quantitative estimate of drug-likeness (QED) is 0.689. The van der Waals surface area contributed by atoms with Crippen molar-refractivity contribution in [1.82, 2.24) is 4.90 Å². The minimum Gasteiger partial charge on any atom is -0.335 e. The van der Waals surface area contributed by atoms with E-state index in [2.05, 4.69) is 23.5 Å². The minimum atomic E-state index is -0.135. The zero-order valence-corrected chi connectivity index (χ0v) is 16.1. The number of nitrogens with one attached hydrogen (secondary N) is 1. The molecule has 1 aliphatic heterocycles.